The molecule has 12 nitrogen and oxygen atoms in total. The molecule has 9 N–H and O–H groups in total. The molecule has 39 heavy (non-hydrogen) atoms. The normalized spacial score (nSPS) is 13.9. The van der Waals surface area contributed by atoms with Gasteiger partial charge in [-0.05, 0) is 29.2 Å². The van der Waals surface area contributed by atoms with Gasteiger partial charge in [-0.3, -0.25) is 19.2 Å². The van der Waals surface area contributed by atoms with E-state index in [0.717, 1.165) is 0 Å². The Morgan fingerprint density at radius 3 is 1.85 bits per heavy atom. The Morgan fingerprint density at radius 2 is 1.31 bits per heavy atom. The first-order chi connectivity index (χ1) is 18.4. The minimum Gasteiger partial charge on any atom is -0.508 e. The van der Waals surface area contributed by atoms with Crippen LogP contribution in [0.5, 0.6) is 5.75 Å². The molecule has 2 aromatic carbocycles. The number of benzene rings is 2. The van der Waals surface area contributed by atoms with Crippen LogP contribution in [0.2, 0.25) is 0 Å². The molecule has 0 saturated carbocycles. The summed E-state index contributed by atoms with van der Waals surface area (Å²) in [4.78, 5) is 62.0. The third-order valence-electron chi connectivity index (χ3n) is 5.91. The second-order valence-corrected chi connectivity index (χ2v) is 9.53. The molecule has 0 aliphatic carbocycles. The maximum Gasteiger partial charge on any atom is 0.326 e. The number of phenols is 1. The van der Waals surface area contributed by atoms with E-state index in [0.29, 0.717) is 11.1 Å². The molecule has 0 fully saturated rings. The molecule has 12 heteroatoms. The van der Waals surface area contributed by atoms with Crippen LogP contribution in [0.1, 0.15) is 31.4 Å². The maximum absolute atomic E-state index is 13.3. The number of phenolic OH excluding ortho intramolecular Hbond substituents is 1. The molecule has 0 aromatic heterocycles. The van der Waals surface area contributed by atoms with Crippen molar-refractivity contribution in [1.29, 1.82) is 0 Å². The SMILES string of the molecule is CC(C)C(NC(=O)C(N)CC(N)=O)C(=O)NC(Cc1ccc(O)cc1)C(=O)NC(Cc1ccccc1)C(=O)O. The van der Waals surface area contributed by atoms with Gasteiger partial charge >= 0.3 is 5.97 Å². The van der Waals surface area contributed by atoms with Gasteiger partial charge in [-0.2, -0.15) is 0 Å². The number of carbonyl (C=O) groups is 5. The zero-order chi connectivity index (χ0) is 29.1. The Morgan fingerprint density at radius 1 is 0.769 bits per heavy atom. The highest BCUT2D eigenvalue weighted by Gasteiger charge is 2.32. The molecule has 4 amide bonds. The number of nitrogens with two attached hydrogens (primary N) is 2. The zero-order valence-corrected chi connectivity index (χ0v) is 21.8. The summed E-state index contributed by atoms with van der Waals surface area (Å²) < 4.78 is 0. The van der Waals surface area contributed by atoms with Gasteiger partial charge in [0, 0.05) is 12.8 Å². The lowest BCUT2D eigenvalue weighted by atomic mass is 9.99. The van der Waals surface area contributed by atoms with Gasteiger partial charge in [0.05, 0.1) is 12.5 Å². The van der Waals surface area contributed by atoms with Gasteiger partial charge in [0.1, 0.15) is 23.9 Å². The number of aromatic hydroxyl groups is 1. The second kappa shape index (κ2) is 14.5. The van der Waals surface area contributed by atoms with E-state index >= 15 is 0 Å². The predicted octanol–water partition coefficient (Wildman–Crippen LogP) is -0.425. The van der Waals surface area contributed by atoms with Gasteiger partial charge < -0.3 is 37.6 Å². The van der Waals surface area contributed by atoms with Crippen molar-refractivity contribution < 1.29 is 34.2 Å². The molecule has 2 aromatic rings. The van der Waals surface area contributed by atoms with Crippen molar-refractivity contribution in [2.45, 2.75) is 57.3 Å². The van der Waals surface area contributed by atoms with E-state index in [1.807, 2.05) is 0 Å². The molecule has 210 valence electrons. The smallest absolute Gasteiger partial charge is 0.326 e. The van der Waals surface area contributed by atoms with Gasteiger partial charge in [-0.1, -0.05) is 56.3 Å². The van der Waals surface area contributed by atoms with E-state index in [-0.39, 0.29) is 18.6 Å². The standard InChI is InChI=1S/C27H35N5O7/c1-15(2)23(32-24(35)19(28)14-22(29)34)26(37)30-20(12-17-8-10-18(33)11-9-17)25(36)31-21(27(38)39)13-16-6-4-3-5-7-16/h3-11,15,19-21,23,33H,12-14,28H2,1-2H3,(H2,29,34)(H,30,37)(H,31,36)(H,32,35)(H,38,39). The largest absolute Gasteiger partial charge is 0.508 e. The number of hydrogen-bond acceptors (Lipinski definition) is 7. The van der Waals surface area contributed by atoms with E-state index in [4.69, 9.17) is 11.5 Å². The molecule has 4 atom stereocenters. The average Bonchev–Trinajstić information content (AvgIpc) is 2.87. The lowest BCUT2D eigenvalue weighted by Gasteiger charge is -2.27. The number of amides is 4. The Hall–Kier alpha value is -4.45. The third kappa shape index (κ3) is 10.1. The summed E-state index contributed by atoms with van der Waals surface area (Å²) in [5.74, 6) is -4.69. The summed E-state index contributed by atoms with van der Waals surface area (Å²) in [6.45, 7) is 3.33. The summed E-state index contributed by atoms with van der Waals surface area (Å²) in [5.41, 5.74) is 12.1. The Bertz CT molecular complexity index is 1150. The number of aliphatic carboxylic acids is 1. The predicted molar refractivity (Wildman–Crippen MR) is 142 cm³/mol. The molecule has 0 saturated heterocycles. The third-order valence-corrected chi connectivity index (χ3v) is 5.91. The van der Waals surface area contributed by atoms with Gasteiger partial charge in [0.25, 0.3) is 0 Å². The lowest BCUT2D eigenvalue weighted by Crippen LogP contribution is -2.59. The number of hydrogen-bond donors (Lipinski definition) is 7. The van der Waals surface area contributed by atoms with Crippen molar-refractivity contribution in [2.24, 2.45) is 17.4 Å². The summed E-state index contributed by atoms with van der Waals surface area (Å²) in [6.07, 6.45) is -0.429. The van der Waals surface area contributed by atoms with Gasteiger partial charge in [-0.15, -0.1) is 0 Å². The Kier molecular flexibility index (Phi) is 11.4. The van der Waals surface area contributed by atoms with Crippen LogP contribution in [0.4, 0.5) is 0 Å². The zero-order valence-electron chi connectivity index (χ0n) is 21.8. The molecule has 4 unspecified atom stereocenters. The molecule has 0 aliphatic heterocycles. The summed E-state index contributed by atoms with van der Waals surface area (Å²) in [6, 6.07) is 9.82. The van der Waals surface area contributed by atoms with Crippen LogP contribution in [0.3, 0.4) is 0 Å². The molecular formula is C27H35N5O7. The van der Waals surface area contributed by atoms with E-state index in [2.05, 4.69) is 16.0 Å². The summed E-state index contributed by atoms with van der Waals surface area (Å²) in [7, 11) is 0. The van der Waals surface area contributed by atoms with Gasteiger partial charge in [0.2, 0.25) is 23.6 Å². The fourth-order valence-electron chi connectivity index (χ4n) is 3.77. The molecule has 0 radical (unpaired) electrons. The first kappa shape index (κ1) is 30.8. The van der Waals surface area contributed by atoms with Crippen molar-refractivity contribution in [2.75, 3.05) is 0 Å². The fourth-order valence-corrected chi connectivity index (χ4v) is 3.77. The van der Waals surface area contributed by atoms with E-state index in [9.17, 15) is 34.2 Å². The first-order valence-corrected chi connectivity index (χ1v) is 12.4. The van der Waals surface area contributed by atoms with Crippen molar-refractivity contribution in [3.05, 3.63) is 65.7 Å². The van der Waals surface area contributed by atoms with Crippen LogP contribution >= 0.6 is 0 Å². The van der Waals surface area contributed by atoms with Crippen LogP contribution in [-0.2, 0) is 36.8 Å². The molecule has 0 spiro atoms. The maximum atomic E-state index is 13.3. The fraction of sp³-hybridized carbons (Fsp3) is 0.370. The molecule has 2 rings (SSSR count). The van der Waals surface area contributed by atoms with Crippen LogP contribution < -0.4 is 27.4 Å². The molecule has 0 bridgehead atoms. The van der Waals surface area contributed by atoms with Gasteiger partial charge in [0.15, 0.2) is 0 Å². The highest BCUT2D eigenvalue weighted by atomic mass is 16.4. The van der Waals surface area contributed by atoms with E-state index < -0.39 is 66.1 Å². The first-order valence-electron chi connectivity index (χ1n) is 12.4. The number of nitrogens with one attached hydrogen (secondary N) is 3. The second-order valence-electron chi connectivity index (χ2n) is 9.53. The highest BCUT2D eigenvalue weighted by Crippen LogP contribution is 2.13. The Balaban J connectivity index is 2.25. The molecule has 0 heterocycles. The van der Waals surface area contributed by atoms with Crippen molar-refractivity contribution in [3.8, 4) is 5.75 Å². The summed E-state index contributed by atoms with van der Waals surface area (Å²) >= 11 is 0. The lowest BCUT2D eigenvalue weighted by molar-refractivity contribution is -0.142. The van der Waals surface area contributed by atoms with E-state index in [1.165, 1.54) is 12.1 Å². The number of primary amides is 1. The van der Waals surface area contributed by atoms with Crippen molar-refractivity contribution in [1.82, 2.24) is 16.0 Å². The van der Waals surface area contributed by atoms with Crippen LogP contribution in [0.25, 0.3) is 0 Å². The molecular weight excluding hydrogens is 506 g/mol. The van der Waals surface area contributed by atoms with Crippen molar-refractivity contribution >= 4 is 29.6 Å². The van der Waals surface area contributed by atoms with Crippen LogP contribution in [0.15, 0.2) is 54.6 Å². The monoisotopic (exact) mass is 541 g/mol. The number of carbonyl (C=O) groups excluding carboxylic acids is 4. The number of rotatable bonds is 14. The highest BCUT2D eigenvalue weighted by molar-refractivity contribution is 5.95. The molecule has 0 aliphatic rings. The summed E-state index contributed by atoms with van der Waals surface area (Å²) in [5, 5.41) is 26.9. The van der Waals surface area contributed by atoms with Gasteiger partial charge in [-0.25, -0.2) is 4.79 Å². The minimum atomic E-state index is -1.27. The number of carboxylic acid groups (broad SMARTS) is 1. The Labute approximate surface area is 226 Å². The number of carboxylic acids is 1. The van der Waals surface area contributed by atoms with Crippen LogP contribution in [0, 0.1) is 5.92 Å². The minimum absolute atomic E-state index is 0.00692. The topological polar surface area (TPSA) is 214 Å². The quantitative estimate of drug-likeness (QED) is 0.166. The van der Waals surface area contributed by atoms with Crippen LogP contribution in [-0.4, -0.2) is 64.0 Å². The van der Waals surface area contributed by atoms with Crippen molar-refractivity contribution in [3.63, 3.8) is 0 Å². The average molecular weight is 542 g/mol. The van der Waals surface area contributed by atoms with E-state index in [1.54, 1.807) is 56.3 Å².